The van der Waals surface area contributed by atoms with Crippen LogP contribution in [0.5, 0.6) is 0 Å². The highest BCUT2D eigenvalue weighted by atomic mass is 32.2. The molecule has 0 heterocycles. The summed E-state index contributed by atoms with van der Waals surface area (Å²) in [6, 6.07) is 6.50. The number of esters is 1. The Balaban J connectivity index is 2.02. The number of ether oxygens (including phenoxy) is 1. The molecule has 4 nitrogen and oxygen atoms in total. The molecule has 126 valence electrons. The summed E-state index contributed by atoms with van der Waals surface area (Å²) in [5, 5.41) is 0. The minimum atomic E-state index is -3.26. The topological polar surface area (TPSA) is 60.4 Å². The highest BCUT2D eigenvalue weighted by molar-refractivity contribution is 7.90. The number of carbonyl (C=O) groups is 1. The van der Waals surface area contributed by atoms with Crippen molar-refractivity contribution in [1.29, 1.82) is 0 Å². The molecule has 1 saturated carbocycles. The van der Waals surface area contributed by atoms with Gasteiger partial charge < -0.3 is 4.74 Å². The zero-order valence-corrected chi connectivity index (χ0v) is 15.1. The highest BCUT2D eigenvalue weighted by Crippen LogP contribution is 2.59. The second-order valence-electron chi connectivity index (χ2n) is 7.10. The van der Waals surface area contributed by atoms with Crippen molar-refractivity contribution < 1.29 is 17.9 Å². The van der Waals surface area contributed by atoms with Gasteiger partial charge >= 0.3 is 5.97 Å². The molecule has 0 aromatic heterocycles. The number of allylic oxidation sites excluding steroid dienone is 2. The fourth-order valence-electron chi connectivity index (χ4n) is 2.91. The Hall–Kier alpha value is -1.62. The lowest BCUT2D eigenvalue weighted by Gasteiger charge is -2.07. The summed E-state index contributed by atoms with van der Waals surface area (Å²) in [6.07, 6.45) is 3.28. The Morgan fingerprint density at radius 2 is 1.96 bits per heavy atom. The van der Waals surface area contributed by atoms with E-state index >= 15 is 0 Å². The van der Waals surface area contributed by atoms with Crippen molar-refractivity contribution in [3.8, 4) is 0 Å². The molecule has 0 N–H and O–H groups in total. The van der Waals surface area contributed by atoms with E-state index < -0.39 is 9.84 Å². The van der Waals surface area contributed by atoms with Gasteiger partial charge in [-0.05, 0) is 42.9 Å². The van der Waals surface area contributed by atoms with E-state index in [4.69, 9.17) is 4.74 Å². The molecule has 23 heavy (non-hydrogen) atoms. The molecular weight excluding hydrogens is 312 g/mol. The molecule has 0 bridgehead atoms. The van der Waals surface area contributed by atoms with Gasteiger partial charge in [-0.3, -0.25) is 4.79 Å². The third-order valence-electron chi connectivity index (χ3n) is 4.39. The number of benzene rings is 1. The van der Waals surface area contributed by atoms with Crippen LogP contribution in [0.15, 0.2) is 40.8 Å². The van der Waals surface area contributed by atoms with Gasteiger partial charge in [-0.15, -0.1) is 0 Å². The first-order valence-corrected chi connectivity index (χ1v) is 9.53. The first kappa shape index (κ1) is 17.7. The van der Waals surface area contributed by atoms with Gasteiger partial charge in [0.2, 0.25) is 0 Å². The van der Waals surface area contributed by atoms with Gasteiger partial charge in [0, 0.05) is 6.26 Å². The summed E-state index contributed by atoms with van der Waals surface area (Å²) < 4.78 is 28.5. The maximum atomic E-state index is 12.3. The van der Waals surface area contributed by atoms with Crippen molar-refractivity contribution >= 4 is 15.8 Å². The molecule has 0 unspecified atom stereocenters. The molecule has 1 fully saturated rings. The minimum Gasteiger partial charge on any atom is -0.461 e. The molecule has 0 radical (unpaired) electrons. The van der Waals surface area contributed by atoms with Crippen LogP contribution in [0.25, 0.3) is 0 Å². The Bertz CT molecular complexity index is 740. The first-order valence-electron chi connectivity index (χ1n) is 7.64. The summed E-state index contributed by atoms with van der Waals surface area (Å²) >= 11 is 0. The third-order valence-corrected chi connectivity index (χ3v) is 5.50. The molecule has 5 heteroatoms. The third kappa shape index (κ3) is 4.02. The van der Waals surface area contributed by atoms with Crippen molar-refractivity contribution in [1.82, 2.24) is 0 Å². The van der Waals surface area contributed by atoms with E-state index in [9.17, 15) is 13.2 Å². The quantitative estimate of drug-likeness (QED) is 0.611. The van der Waals surface area contributed by atoms with E-state index in [1.165, 1.54) is 11.6 Å². The van der Waals surface area contributed by atoms with Crippen LogP contribution in [0.3, 0.4) is 0 Å². The van der Waals surface area contributed by atoms with Crippen LogP contribution in [0.2, 0.25) is 0 Å². The zero-order chi connectivity index (χ0) is 17.4. The summed E-state index contributed by atoms with van der Waals surface area (Å²) in [5.41, 5.74) is 1.79. The van der Waals surface area contributed by atoms with E-state index in [1.807, 2.05) is 13.8 Å². The molecule has 1 aromatic carbocycles. The van der Waals surface area contributed by atoms with E-state index in [1.54, 1.807) is 18.2 Å². The van der Waals surface area contributed by atoms with Crippen LogP contribution < -0.4 is 0 Å². The van der Waals surface area contributed by atoms with Crippen molar-refractivity contribution in [2.75, 3.05) is 6.26 Å². The van der Waals surface area contributed by atoms with Gasteiger partial charge in [-0.2, -0.15) is 0 Å². The van der Waals surface area contributed by atoms with Gasteiger partial charge in [0.15, 0.2) is 9.84 Å². The van der Waals surface area contributed by atoms with Crippen molar-refractivity contribution in [2.24, 2.45) is 17.3 Å². The lowest BCUT2D eigenvalue weighted by molar-refractivity contribution is -0.147. The Morgan fingerprint density at radius 3 is 2.52 bits per heavy atom. The summed E-state index contributed by atoms with van der Waals surface area (Å²) in [4.78, 5) is 12.5. The van der Waals surface area contributed by atoms with Crippen LogP contribution >= 0.6 is 0 Å². The van der Waals surface area contributed by atoms with Crippen LogP contribution in [-0.4, -0.2) is 20.6 Å². The fourth-order valence-corrected chi connectivity index (χ4v) is 3.60. The summed E-state index contributed by atoms with van der Waals surface area (Å²) in [5.74, 6) is -0.139. The largest absolute Gasteiger partial charge is 0.461 e. The Kier molecular flexibility index (Phi) is 4.71. The smallest absolute Gasteiger partial charge is 0.310 e. The standard InChI is InChI=1S/C18H24O4S/c1-12(2)9-15-16(18(15,3)4)17(19)22-11-13-7-6-8-14(10-13)23(5,20)21/h6-10,15-16H,11H2,1-5H3/t15-,16+/m1/s1. The lowest BCUT2D eigenvalue weighted by atomic mass is 10.1. The van der Waals surface area contributed by atoms with E-state index in [-0.39, 0.29) is 34.7 Å². The fraction of sp³-hybridized carbons (Fsp3) is 0.500. The van der Waals surface area contributed by atoms with Gasteiger partial charge in [0.1, 0.15) is 6.61 Å². The predicted molar refractivity (Wildman–Crippen MR) is 89.5 cm³/mol. The SMILES string of the molecule is CC(C)=C[C@@H]1[C@@H](C(=O)OCc2cccc(S(C)(=O)=O)c2)C1(C)C. The zero-order valence-electron chi connectivity index (χ0n) is 14.3. The molecule has 1 aliphatic carbocycles. The summed E-state index contributed by atoms with van der Waals surface area (Å²) in [7, 11) is -3.26. The summed E-state index contributed by atoms with van der Waals surface area (Å²) in [6.45, 7) is 8.26. The van der Waals surface area contributed by atoms with Crippen molar-refractivity contribution in [3.05, 3.63) is 41.5 Å². The first-order chi connectivity index (χ1) is 10.5. The number of carbonyl (C=O) groups excluding carboxylic acids is 1. The molecule has 0 spiro atoms. The van der Waals surface area contributed by atoms with Crippen LogP contribution in [0.4, 0.5) is 0 Å². The highest BCUT2D eigenvalue weighted by Gasteiger charge is 2.61. The maximum Gasteiger partial charge on any atom is 0.310 e. The molecule has 0 amide bonds. The molecule has 0 saturated heterocycles. The van der Waals surface area contributed by atoms with Crippen LogP contribution in [0, 0.1) is 17.3 Å². The number of rotatable bonds is 5. The van der Waals surface area contributed by atoms with Crippen molar-refractivity contribution in [2.45, 2.75) is 39.2 Å². The van der Waals surface area contributed by atoms with E-state index in [2.05, 4.69) is 19.9 Å². The predicted octanol–water partition coefficient (Wildman–Crippen LogP) is 3.37. The molecule has 2 atom stereocenters. The van der Waals surface area contributed by atoms with E-state index in [0.29, 0.717) is 5.56 Å². The molecule has 1 aromatic rings. The molecular formula is C18H24O4S. The van der Waals surface area contributed by atoms with Gasteiger partial charge in [0.25, 0.3) is 0 Å². The number of sulfone groups is 1. The van der Waals surface area contributed by atoms with Crippen molar-refractivity contribution in [3.63, 3.8) is 0 Å². The monoisotopic (exact) mass is 336 g/mol. The van der Waals surface area contributed by atoms with Gasteiger partial charge in [0.05, 0.1) is 10.8 Å². The Labute approximate surface area is 138 Å². The number of hydrogen-bond donors (Lipinski definition) is 0. The second-order valence-corrected chi connectivity index (χ2v) is 9.11. The second kappa shape index (κ2) is 6.11. The lowest BCUT2D eigenvalue weighted by Crippen LogP contribution is -2.11. The average molecular weight is 336 g/mol. The molecule has 1 aliphatic rings. The average Bonchev–Trinajstić information content (AvgIpc) is 2.96. The van der Waals surface area contributed by atoms with E-state index in [0.717, 1.165) is 6.26 Å². The molecule has 0 aliphatic heterocycles. The normalized spacial score (nSPS) is 22.3. The van der Waals surface area contributed by atoms with Crippen LogP contribution in [-0.2, 0) is 26.0 Å². The van der Waals surface area contributed by atoms with Crippen LogP contribution in [0.1, 0.15) is 33.3 Å². The van der Waals surface area contributed by atoms with Gasteiger partial charge in [-0.1, -0.05) is 37.6 Å². The Morgan fingerprint density at radius 1 is 1.30 bits per heavy atom. The minimum absolute atomic E-state index is 0.0804. The number of hydrogen-bond acceptors (Lipinski definition) is 4. The maximum absolute atomic E-state index is 12.3. The molecule has 2 rings (SSSR count). The van der Waals surface area contributed by atoms with Gasteiger partial charge in [-0.25, -0.2) is 8.42 Å².